The second-order valence-electron chi connectivity index (χ2n) is 3.20. The molecule has 0 aromatic heterocycles. The summed E-state index contributed by atoms with van der Waals surface area (Å²) in [5.41, 5.74) is 0. The van der Waals surface area contributed by atoms with Crippen LogP contribution in [0.2, 0.25) is 0 Å². The fraction of sp³-hybridized carbons (Fsp3) is 0.600. The summed E-state index contributed by atoms with van der Waals surface area (Å²) in [5.74, 6) is -1.49. The first-order valence-electron chi connectivity index (χ1n) is 4.59. The average Bonchev–Trinajstić information content (AvgIpc) is 2.13. The summed E-state index contributed by atoms with van der Waals surface area (Å²) in [6.45, 7) is 5.77. The first kappa shape index (κ1) is 12.7. The normalized spacial score (nSPS) is 15.1. The Balaban J connectivity index is 4.00. The number of hydrogen-bond donors (Lipinski definition) is 1. The van der Waals surface area contributed by atoms with Gasteiger partial charge in [0.1, 0.15) is 6.10 Å². The van der Waals surface area contributed by atoms with Crippen LogP contribution in [-0.2, 0) is 14.3 Å². The fourth-order valence-electron chi connectivity index (χ4n) is 0.810. The van der Waals surface area contributed by atoms with Gasteiger partial charge in [0.15, 0.2) is 0 Å². The number of carbonyl (C=O) groups is 2. The van der Waals surface area contributed by atoms with Gasteiger partial charge in [0.2, 0.25) is 0 Å². The average molecular weight is 200 g/mol. The molecule has 0 aliphatic heterocycles. The molecule has 0 bridgehead atoms. The number of rotatable bonds is 5. The molecular formula is C10H16O4. The lowest BCUT2D eigenvalue weighted by molar-refractivity contribution is -0.145. The Bertz CT molecular complexity index is 232. The smallest absolute Gasteiger partial charge is 0.331 e. The van der Waals surface area contributed by atoms with Crippen LogP contribution < -0.4 is 0 Å². The molecule has 0 amide bonds. The number of hydrogen-bond acceptors (Lipinski definition) is 3. The molecule has 4 nitrogen and oxygen atoms in total. The number of carboxylic acid groups (broad SMARTS) is 1. The number of aliphatic carboxylic acids is 1. The Kier molecular flexibility index (Phi) is 5.60. The van der Waals surface area contributed by atoms with Crippen molar-refractivity contribution in [1.29, 1.82) is 0 Å². The number of carbonyl (C=O) groups excluding carboxylic acids is 1. The predicted molar refractivity (Wildman–Crippen MR) is 51.8 cm³/mol. The van der Waals surface area contributed by atoms with Gasteiger partial charge in [-0.15, -0.1) is 0 Å². The topological polar surface area (TPSA) is 63.6 Å². The van der Waals surface area contributed by atoms with Gasteiger partial charge < -0.3 is 9.84 Å². The highest BCUT2D eigenvalue weighted by Crippen LogP contribution is 2.10. The lowest BCUT2D eigenvalue weighted by Crippen LogP contribution is -2.20. The van der Waals surface area contributed by atoms with E-state index in [0.29, 0.717) is 0 Å². The van der Waals surface area contributed by atoms with Gasteiger partial charge in [-0.3, -0.25) is 0 Å². The van der Waals surface area contributed by atoms with Crippen molar-refractivity contribution in [3.05, 3.63) is 12.2 Å². The Morgan fingerprint density at radius 2 is 1.93 bits per heavy atom. The van der Waals surface area contributed by atoms with Gasteiger partial charge in [-0.1, -0.05) is 20.3 Å². The summed E-state index contributed by atoms with van der Waals surface area (Å²) in [7, 11) is 0. The first-order chi connectivity index (χ1) is 6.47. The van der Waals surface area contributed by atoms with Crippen LogP contribution in [0.5, 0.6) is 0 Å². The lowest BCUT2D eigenvalue weighted by Gasteiger charge is -2.17. The molecule has 0 spiro atoms. The molecule has 0 rings (SSSR count). The highest BCUT2D eigenvalue weighted by Gasteiger charge is 2.13. The molecule has 1 N–H and O–H groups in total. The molecule has 0 aromatic rings. The quantitative estimate of drug-likeness (QED) is 0.541. The van der Waals surface area contributed by atoms with Crippen LogP contribution in [0.3, 0.4) is 0 Å². The second kappa shape index (κ2) is 6.18. The summed E-state index contributed by atoms with van der Waals surface area (Å²) in [4.78, 5) is 21.1. The Hall–Kier alpha value is -1.32. The fourth-order valence-corrected chi connectivity index (χ4v) is 0.810. The van der Waals surface area contributed by atoms with Gasteiger partial charge in [0.05, 0.1) is 0 Å². The molecule has 2 unspecified atom stereocenters. The molecule has 80 valence electrons. The summed E-state index contributed by atoms with van der Waals surface area (Å²) in [6, 6.07) is 0. The molecule has 0 saturated carbocycles. The molecule has 0 aliphatic rings. The van der Waals surface area contributed by atoms with Crippen molar-refractivity contribution in [2.75, 3.05) is 0 Å². The van der Waals surface area contributed by atoms with Crippen LogP contribution in [0.1, 0.15) is 27.2 Å². The van der Waals surface area contributed by atoms with E-state index in [0.717, 1.165) is 18.6 Å². The highest BCUT2D eigenvalue weighted by molar-refractivity contribution is 5.90. The molecular weight excluding hydrogens is 184 g/mol. The highest BCUT2D eigenvalue weighted by atomic mass is 16.5. The van der Waals surface area contributed by atoms with Crippen LogP contribution in [0.25, 0.3) is 0 Å². The Morgan fingerprint density at radius 1 is 1.36 bits per heavy atom. The molecule has 14 heavy (non-hydrogen) atoms. The van der Waals surface area contributed by atoms with Crippen molar-refractivity contribution in [3.8, 4) is 0 Å². The number of carboxylic acids is 1. The van der Waals surface area contributed by atoms with E-state index < -0.39 is 11.9 Å². The minimum atomic E-state index is -1.15. The van der Waals surface area contributed by atoms with Crippen LogP contribution in [0.15, 0.2) is 12.2 Å². The molecule has 2 atom stereocenters. The molecule has 0 saturated heterocycles. The minimum absolute atomic E-state index is 0.189. The van der Waals surface area contributed by atoms with Crippen LogP contribution in [0, 0.1) is 5.92 Å². The summed E-state index contributed by atoms with van der Waals surface area (Å²) in [5, 5.41) is 8.26. The summed E-state index contributed by atoms with van der Waals surface area (Å²) in [6.07, 6.45) is 2.41. The third kappa shape index (κ3) is 5.35. The van der Waals surface area contributed by atoms with Crippen LogP contribution in [-0.4, -0.2) is 23.1 Å². The van der Waals surface area contributed by atoms with E-state index in [4.69, 9.17) is 9.84 Å². The first-order valence-corrected chi connectivity index (χ1v) is 4.59. The van der Waals surface area contributed by atoms with Crippen LogP contribution >= 0.6 is 0 Å². The lowest BCUT2D eigenvalue weighted by atomic mass is 10.0. The van der Waals surface area contributed by atoms with E-state index in [1.165, 1.54) is 0 Å². The SMILES string of the molecule is CCC(C)C(C)OC(=O)C=CC(=O)O. The maximum Gasteiger partial charge on any atom is 0.331 e. The van der Waals surface area contributed by atoms with Crippen molar-refractivity contribution in [2.24, 2.45) is 5.92 Å². The van der Waals surface area contributed by atoms with Gasteiger partial charge in [-0.05, 0) is 12.8 Å². The van der Waals surface area contributed by atoms with E-state index in [2.05, 4.69) is 0 Å². The molecule has 0 aliphatic carbocycles. The third-order valence-electron chi connectivity index (χ3n) is 2.11. The molecule has 0 radical (unpaired) electrons. The van der Waals surface area contributed by atoms with E-state index >= 15 is 0 Å². The van der Waals surface area contributed by atoms with E-state index in [9.17, 15) is 9.59 Å². The van der Waals surface area contributed by atoms with Gasteiger partial charge in [-0.25, -0.2) is 9.59 Å². The van der Waals surface area contributed by atoms with Gasteiger partial charge >= 0.3 is 11.9 Å². The van der Waals surface area contributed by atoms with E-state index in [1.807, 2.05) is 13.8 Å². The second-order valence-corrected chi connectivity index (χ2v) is 3.20. The zero-order valence-corrected chi connectivity index (χ0v) is 8.69. The summed E-state index contributed by atoms with van der Waals surface area (Å²) >= 11 is 0. The Morgan fingerprint density at radius 3 is 2.36 bits per heavy atom. The number of esters is 1. The molecule has 0 heterocycles. The monoisotopic (exact) mass is 200 g/mol. The maximum absolute atomic E-state index is 11.0. The van der Waals surface area contributed by atoms with Crippen molar-refractivity contribution in [3.63, 3.8) is 0 Å². The standard InChI is InChI=1S/C10H16O4/c1-4-7(2)8(3)14-10(13)6-5-9(11)12/h5-8H,4H2,1-3H3,(H,11,12). The maximum atomic E-state index is 11.0. The Labute approximate surface area is 83.6 Å². The van der Waals surface area contributed by atoms with Gasteiger partial charge in [0.25, 0.3) is 0 Å². The zero-order chi connectivity index (χ0) is 11.1. The van der Waals surface area contributed by atoms with Gasteiger partial charge in [0, 0.05) is 12.2 Å². The van der Waals surface area contributed by atoms with Crippen molar-refractivity contribution < 1.29 is 19.4 Å². The minimum Gasteiger partial charge on any atom is -0.478 e. The largest absolute Gasteiger partial charge is 0.478 e. The predicted octanol–water partition coefficient (Wildman–Crippen LogP) is 1.60. The van der Waals surface area contributed by atoms with E-state index in [-0.39, 0.29) is 12.0 Å². The number of ether oxygens (including phenoxy) is 1. The third-order valence-corrected chi connectivity index (χ3v) is 2.11. The van der Waals surface area contributed by atoms with Crippen molar-refractivity contribution >= 4 is 11.9 Å². The van der Waals surface area contributed by atoms with E-state index in [1.54, 1.807) is 6.92 Å². The molecule has 0 fully saturated rings. The van der Waals surface area contributed by atoms with Crippen molar-refractivity contribution in [1.82, 2.24) is 0 Å². The summed E-state index contributed by atoms with van der Waals surface area (Å²) < 4.78 is 4.96. The van der Waals surface area contributed by atoms with Crippen LogP contribution in [0.4, 0.5) is 0 Å². The molecule has 4 heteroatoms. The molecule has 0 aromatic carbocycles. The van der Waals surface area contributed by atoms with Crippen molar-refractivity contribution in [2.45, 2.75) is 33.3 Å². The van der Waals surface area contributed by atoms with Gasteiger partial charge in [-0.2, -0.15) is 0 Å². The zero-order valence-electron chi connectivity index (χ0n) is 8.69.